The molecule has 0 amide bonds. The van der Waals surface area contributed by atoms with E-state index < -0.39 is 0 Å². The summed E-state index contributed by atoms with van der Waals surface area (Å²) in [5.74, 6) is 0. The molecule has 1 aromatic heterocycles. The van der Waals surface area contributed by atoms with Crippen LogP contribution < -0.4 is 5.32 Å². The zero-order chi connectivity index (χ0) is 9.52. The fourth-order valence-corrected chi connectivity index (χ4v) is 1.84. The lowest BCUT2D eigenvalue weighted by atomic mass is 10.2. The van der Waals surface area contributed by atoms with Crippen molar-refractivity contribution in [1.29, 1.82) is 0 Å². The van der Waals surface area contributed by atoms with Gasteiger partial charge < -0.3 is 10.1 Å². The molecule has 0 spiro atoms. The number of ether oxygens (including phenoxy) is 1. The molecule has 2 nitrogen and oxygen atoms in total. The molecule has 13 heavy (non-hydrogen) atoms. The van der Waals surface area contributed by atoms with Crippen LogP contribution in [-0.4, -0.2) is 19.8 Å². The van der Waals surface area contributed by atoms with Crippen molar-refractivity contribution in [3.63, 3.8) is 0 Å². The second kappa shape index (κ2) is 6.13. The number of rotatable bonds is 6. The van der Waals surface area contributed by atoms with E-state index in [0.717, 1.165) is 19.6 Å². The summed E-state index contributed by atoms with van der Waals surface area (Å²) in [4.78, 5) is 1.38. The molecule has 1 heterocycles. The van der Waals surface area contributed by atoms with E-state index >= 15 is 0 Å². The van der Waals surface area contributed by atoms with Gasteiger partial charge in [0.25, 0.3) is 0 Å². The standard InChI is InChI=1S/C10H17NOS/c1-3-9(8-12-2)11-7-10-5-4-6-13-10/h4-6,9,11H,3,7-8H2,1-2H3/t9-/m1/s1. The Kier molecular flexibility index (Phi) is 5.05. The van der Waals surface area contributed by atoms with Crippen LogP contribution >= 0.6 is 11.3 Å². The van der Waals surface area contributed by atoms with Gasteiger partial charge in [0.2, 0.25) is 0 Å². The lowest BCUT2D eigenvalue weighted by Gasteiger charge is -2.14. The van der Waals surface area contributed by atoms with Crippen LogP contribution in [0.4, 0.5) is 0 Å². The van der Waals surface area contributed by atoms with Crippen LogP contribution in [0, 0.1) is 0 Å². The lowest BCUT2D eigenvalue weighted by molar-refractivity contribution is 0.164. The van der Waals surface area contributed by atoms with E-state index in [1.807, 2.05) is 0 Å². The molecule has 74 valence electrons. The molecule has 0 aliphatic carbocycles. The fourth-order valence-electron chi connectivity index (χ4n) is 1.18. The molecule has 0 unspecified atom stereocenters. The Morgan fingerprint density at radius 3 is 3.00 bits per heavy atom. The van der Waals surface area contributed by atoms with Crippen LogP contribution in [0.1, 0.15) is 18.2 Å². The molecule has 0 aliphatic rings. The zero-order valence-electron chi connectivity index (χ0n) is 8.25. The van der Waals surface area contributed by atoms with Gasteiger partial charge in [0.05, 0.1) is 6.61 Å². The third kappa shape index (κ3) is 3.89. The maximum atomic E-state index is 5.11. The summed E-state index contributed by atoms with van der Waals surface area (Å²) in [6.07, 6.45) is 1.11. The average Bonchev–Trinajstić information content (AvgIpc) is 2.64. The van der Waals surface area contributed by atoms with E-state index in [1.165, 1.54) is 4.88 Å². The van der Waals surface area contributed by atoms with Crippen molar-refractivity contribution in [2.75, 3.05) is 13.7 Å². The molecule has 3 heteroatoms. The van der Waals surface area contributed by atoms with E-state index in [4.69, 9.17) is 4.74 Å². The van der Waals surface area contributed by atoms with Crippen molar-refractivity contribution in [2.45, 2.75) is 25.9 Å². The van der Waals surface area contributed by atoms with Gasteiger partial charge in [0, 0.05) is 24.6 Å². The van der Waals surface area contributed by atoms with E-state index in [2.05, 4.69) is 29.8 Å². The predicted octanol–water partition coefficient (Wildman–Crippen LogP) is 2.26. The molecular weight excluding hydrogens is 182 g/mol. The van der Waals surface area contributed by atoms with E-state index in [1.54, 1.807) is 18.4 Å². The molecule has 0 fully saturated rings. The highest BCUT2D eigenvalue weighted by molar-refractivity contribution is 7.09. The Morgan fingerprint density at radius 2 is 2.46 bits per heavy atom. The van der Waals surface area contributed by atoms with Gasteiger partial charge in [0.1, 0.15) is 0 Å². The predicted molar refractivity (Wildman–Crippen MR) is 57.1 cm³/mol. The number of hydrogen-bond donors (Lipinski definition) is 1. The molecular formula is C10H17NOS. The van der Waals surface area contributed by atoms with Gasteiger partial charge in [-0.15, -0.1) is 11.3 Å². The highest BCUT2D eigenvalue weighted by Gasteiger charge is 2.04. The first-order valence-electron chi connectivity index (χ1n) is 4.61. The van der Waals surface area contributed by atoms with Crippen LogP contribution in [0.25, 0.3) is 0 Å². The van der Waals surface area contributed by atoms with Crippen molar-refractivity contribution in [1.82, 2.24) is 5.32 Å². The molecule has 1 atom stereocenters. The highest BCUT2D eigenvalue weighted by atomic mass is 32.1. The number of methoxy groups -OCH3 is 1. The van der Waals surface area contributed by atoms with Crippen LogP contribution in [0.2, 0.25) is 0 Å². The van der Waals surface area contributed by atoms with Gasteiger partial charge in [-0.25, -0.2) is 0 Å². The molecule has 0 saturated heterocycles. The maximum Gasteiger partial charge on any atom is 0.0615 e. The Morgan fingerprint density at radius 1 is 1.62 bits per heavy atom. The normalized spacial score (nSPS) is 13.1. The molecule has 0 aliphatic heterocycles. The van der Waals surface area contributed by atoms with Crippen molar-refractivity contribution < 1.29 is 4.74 Å². The van der Waals surface area contributed by atoms with Crippen molar-refractivity contribution in [3.8, 4) is 0 Å². The third-order valence-electron chi connectivity index (χ3n) is 2.01. The number of thiophene rings is 1. The van der Waals surface area contributed by atoms with Crippen LogP contribution in [0.5, 0.6) is 0 Å². The highest BCUT2D eigenvalue weighted by Crippen LogP contribution is 2.08. The van der Waals surface area contributed by atoms with Gasteiger partial charge in [-0.1, -0.05) is 13.0 Å². The SMILES string of the molecule is CC[C@H](COC)NCc1cccs1. The Hall–Kier alpha value is -0.380. The van der Waals surface area contributed by atoms with Gasteiger partial charge in [-0.3, -0.25) is 0 Å². The average molecular weight is 199 g/mol. The molecule has 0 saturated carbocycles. The minimum Gasteiger partial charge on any atom is -0.383 e. The Balaban J connectivity index is 2.23. The molecule has 0 aromatic carbocycles. The van der Waals surface area contributed by atoms with Gasteiger partial charge in [0.15, 0.2) is 0 Å². The zero-order valence-corrected chi connectivity index (χ0v) is 9.06. The second-order valence-electron chi connectivity index (χ2n) is 3.02. The molecule has 1 rings (SSSR count). The first kappa shape index (κ1) is 10.7. The maximum absolute atomic E-state index is 5.11. The summed E-state index contributed by atoms with van der Waals surface area (Å²) in [5, 5.41) is 5.56. The monoisotopic (exact) mass is 199 g/mol. The van der Waals surface area contributed by atoms with E-state index in [0.29, 0.717) is 6.04 Å². The van der Waals surface area contributed by atoms with Crippen LogP contribution in [0.3, 0.4) is 0 Å². The summed E-state index contributed by atoms with van der Waals surface area (Å²) in [6, 6.07) is 4.71. The number of hydrogen-bond acceptors (Lipinski definition) is 3. The fraction of sp³-hybridized carbons (Fsp3) is 0.600. The molecule has 0 radical (unpaired) electrons. The summed E-state index contributed by atoms with van der Waals surface area (Å²) in [7, 11) is 1.75. The summed E-state index contributed by atoms with van der Waals surface area (Å²) in [5.41, 5.74) is 0. The van der Waals surface area contributed by atoms with Crippen molar-refractivity contribution in [2.24, 2.45) is 0 Å². The Labute approximate surface area is 83.9 Å². The van der Waals surface area contributed by atoms with Crippen molar-refractivity contribution >= 4 is 11.3 Å². The first-order chi connectivity index (χ1) is 6.36. The summed E-state index contributed by atoms with van der Waals surface area (Å²) >= 11 is 1.79. The Bertz CT molecular complexity index is 211. The van der Waals surface area contributed by atoms with Crippen molar-refractivity contribution in [3.05, 3.63) is 22.4 Å². The van der Waals surface area contributed by atoms with Crippen LogP contribution in [0.15, 0.2) is 17.5 Å². The van der Waals surface area contributed by atoms with Gasteiger partial charge >= 0.3 is 0 Å². The molecule has 1 aromatic rings. The second-order valence-corrected chi connectivity index (χ2v) is 4.05. The van der Waals surface area contributed by atoms with Gasteiger partial charge in [-0.05, 0) is 17.9 Å². The minimum atomic E-state index is 0.479. The van der Waals surface area contributed by atoms with Crippen LogP contribution in [-0.2, 0) is 11.3 Å². The van der Waals surface area contributed by atoms with Gasteiger partial charge in [-0.2, -0.15) is 0 Å². The topological polar surface area (TPSA) is 21.3 Å². The molecule has 0 bridgehead atoms. The smallest absolute Gasteiger partial charge is 0.0615 e. The first-order valence-corrected chi connectivity index (χ1v) is 5.49. The minimum absolute atomic E-state index is 0.479. The largest absolute Gasteiger partial charge is 0.383 e. The van der Waals surface area contributed by atoms with E-state index in [-0.39, 0.29) is 0 Å². The number of nitrogens with one attached hydrogen (secondary N) is 1. The summed E-state index contributed by atoms with van der Waals surface area (Å²) < 4.78 is 5.11. The quantitative estimate of drug-likeness (QED) is 0.759. The lowest BCUT2D eigenvalue weighted by Crippen LogP contribution is -2.31. The molecule has 1 N–H and O–H groups in total. The summed E-state index contributed by atoms with van der Waals surface area (Å²) in [6.45, 7) is 3.92. The third-order valence-corrected chi connectivity index (χ3v) is 2.88. The van der Waals surface area contributed by atoms with E-state index in [9.17, 15) is 0 Å².